The molecule has 0 unspecified atom stereocenters. The van der Waals surface area contributed by atoms with E-state index in [1.54, 1.807) is 7.05 Å². The first-order chi connectivity index (χ1) is 8.69. The van der Waals surface area contributed by atoms with Crippen LogP contribution in [0.3, 0.4) is 0 Å². The molecule has 0 aliphatic rings. The largest absolute Gasteiger partial charge is 0.488 e. The summed E-state index contributed by atoms with van der Waals surface area (Å²) < 4.78 is 36.9. The Morgan fingerprint density at radius 3 is 2.26 bits per heavy atom. The summed E-state index contributed by atoms with van der Waals surface area (Å²) in [5.41, 5.74) is 0.516. The van der Waals surface area contributed by atoms with Crippen LogP contribution >= 0.6 is 0 Å². The molecule has 6 nitrogen and oxygen atoms in total. The molecular weight excluding hydrogens is 275 g/mol. The van der Waals surface area contributed by atoms with Crippen molar-refractivity contribution in [2.24, 2.45) is 0 Å². The number of benzene rings is 1. The second-order valence-electron chi connectivity index (χ2n) is 4.13. The van der Waals surface area contributed by atoms with Gasteiger partial charge in [-0.1, -0.05) is 3.89 Å². The van der Waals surface area contributed by atoms with Crippen LogP contribution in [0.4, 0.5) is 14.4 Å². The van der Waals surface area contributed by atoms with Gasteiger partial charge >= 0.3 is 16.5 Å². The summed E-state index contributed by atoms with van der Waals surface area (Å²) in [5.74, 6) is -0.163. The van der Waals surface area contributed by atoms with Gasteiger partial charge < -0.3 is 9.50 Å². The number of hydrogen-bond donors (Lipinski definition) is 1. The third kappa shape index (κ3) is 5.12. The topological polar surface area (TPSA) is 75.7 Å². The minimum Gasteiger partial charge on any atom is -0.358 e. The van der Waals surface area contributed by atoms with Crippen molar-refractivity contribution in [1.82, 2.24) is 5.32 Å². The van der Waals surface area contributed by atoms with Gasteiger partial charge in [-0.3, -0.25) is 4.90 Å². The number of nitrogens with one attached hydrogen (secondary N) is 1. The van der Waals surface area contributed by atoms with E-state index in [4.69, 9.17) is 0 Å². The molecule has 0 fully saturated rings. The van der Waals surface area contributed by atoms with Crippen LogP contribution in [0.25, 0.3) is 0 Å². The van der Waals surface area contributed by atoms with Crippen molar-refractivity contribution in [3.8, 4) is 5.75 Å². The highest BCUT2D eigenvalue weighted by Gasteiger charge is 2.13. The lowest BCUT2D eigenvalue weighted by molar-refractivity contribution is 0.245. The molecule has 0 atom stereocenters. The number of hydrogen-bond acceptors (Lipinski definition) is 4. The predicted molar refractivity (Wildman–Crippen MR) is 69.2 cm³/mol. The second-order valence-corrected chi connectivity index (χ2v) is 5.09. The third-order valence-corrected chi connectivity index (χ3v) is 2.53. The molecular formula is C11H15FN2O4S. The van der Waals surface area contributed by atoms with Gasteiger partial charge in [-0.05, 0) is 38.1 Å². The number of halogens is 1. The number of urea groups is 1. The minimum atomic E-state index is -5.04. The first-order valence-corrected chi connectivity index (χ1v) is 6.78. The molecule has 1 rings (SSSR count). The van der Waals surface area contributed by atoms with Gasteiger partial charge in [0.15, 0.2) is 0 Å². The van der Waals surface area contributed by atoms with Crippen LogP contribution < -0.4 is 14.4 Å². The third-order valence-electron chi connectivity index (χ3n) is 2.14. The molecule has 0 saturated carbocycles. The SMILES string of the molecule is CC(C)NC(=O)N(C)c1ccc(OS(=O)(=O)F)cc1. The Morgan fingerprint density at radius 2 is 1.84 bits per heavy atom. The number of carbonyl (C=O) groups is 1. The summed E-state index contributed by atoms with van der Waals surface area (Å²) in [6.45, 7) is 3.66. The number of rotatable bonds is 4. The molecule has 1 N–H and O–H groups in total. The molecule has 0 spiro atoms. The van der Waals surface area contributed by atoms with Gasteiger partial charge in [0, 0.05) is 18.8 Å². The molecule has 0 saturated heterocycles. The summed E-state index contributed by atoms with van der Waals surface area (Å²) in [5, 5.41) is 2.69. The van der Waals surface area contributed by atoms with Crippen molar-refractivity contribution in [2.45, 2.75) is 19.9 Å². The zero-order valence-electron chi connectivity index (χ0n) is 10.8. The van der Waals surface area contributed by atoms with Crippen LogP contribution in [0.1, 0.15) is 13.8 Å². The molecule has 0 heterocycles. The number of carbonyl (C=O) groups excluding carboxylic acids is 1. The van der Waals surface area contributed by atoms with Crippen molar-refractivity contribution in [2.75, 3.05) is 11.9 Å². The second kappa shape index (κ2) is 5.87. The lowest BCUT2D eigenvalue weighted by Gasteiger charge is -2.19. The fraction of sp³-hybridized carbons (Fsp3) is 0.364. The number of anilines is 1. The van der Waals surface area contributed by atoms with E-state index in [0.29, 0.717) is 5.69 Å². The zero-order valence-corrected chi connectivity index (χ0v) is 11.6. The van der Waals surface area contributed by atoms with Gasteiger partial charge in [0.05, 0.1) is 0 Å². The maximum Gasteiger partial charge on any atom is 0.488 e. The Kier molecular flexibility index (Phi) is 4.71. The zero-order chi connectivity index (χ0) is 14.6. The van der Waals surface area contributed by atoms with Crippen molar-refractivity contribution in [1.29, 1.82) is 0 Å². The van der Waals surface area contributed by atoms with Crippen LogP contribution in [0, 0.1) is 0 Å². The highest BCUT2D eigenvalue weighted by Crippen LogP contribution is 2.20. The Balaban J connectivity index is 2.78. The van der Waals surface area contributed by atoms with Crippen LogP contribution in [-0.2, 0) is 10.5 Å². The molecule has 0 aliphatic carbocycles. The van der Waals surface area contributed by atoms with E-state index in [1.165, 1.54) is 29.2 Å². The minimum absolute atomic E-state index is 0.00534. The van der Waals surface area contributed by atoms with Crippen molar-refractivity contribution >= 4 is 22.2 Å². The van der Waals surface area contributed by atoms with E-state index in [2.05, 4.69) is 9.50 Å². The number of amides is 2. The monoisotopic (exact) mass is 290 g/mol. The van der Waals surface area contributed by atoms with E-state index in [9.17, 15) is 17.1 Å². The van der Waals surface area contributed by atoms with Crippen LogP contribution in [-0.4, -0.2) is 27.5 Å². The maximum absolute atomic E-state index is 12.3. The maximum atomic E-state index is 12.3. The number of nitrogens with zero attached hydrogens (tertiary/aromatic N) is 1. The van der Waals surface area contributed by atoms with Gasteiger partial charge in [0.2, 0.25) is 0 Å². The molecule has 2 amide bonds. The molecule has 0 aliphatic heterocycles. The molecule has 0 bridgehead atoms. The summed E-state index contributed by atoms with van der Waals surface area (Å²) in [4.78, 5) is 13.0. The predicted octanol–water partition coefficient (Wildman–Crippen LogP) is 1.83. The van der Waals surface area contributed by atoms with Crippen LogP contribution in [0.2, 0.25) is 0 Å². The van der Waals surface area contributed by atoms with Crippen molar-refractivity contribution < 1.29 is 21.3 Å². The quantitative estimate of drug-likeness (QED) is 0.858. The van der Waals surface area contributed by atoms with E-state index in [1.807, 2.05) is 13.8 Å². The lowest BCUT2D eigenvalue weighted by atomic mass is 10.3. The molecule has 1 aromatic rings. The van der Waals surface area contributed by atoms with E-state index < -0.39 is 10.5 Å². The molecule has 19 heavy (non-hydrogen) atoms. The lowest BCUT2D eigenvalue weighted by Crippen LogP contribution is -2.40. The summed E-state index contributed by atoms with van der Waals surface area (Å²) >= 11 is 0. The molecule has 106 valence electrons. The Hall–Kier alpha value is -1.83. The Labute approximate surface area is 111 Å². The summed E-state index contributed by atoms with van der Waals surface area (Å²) in [6.07, 6.45) is 0. The fourth-order valence-corrected chi connectivity index (χ4v) is 1.64. The summed E-state index contributed by atoms with van der Waals surface area (Å²) in [6, 6.07) is 5.09. The van der Waals surface area contributed by atoms with Gasteiger partial charge in [-0.15, -0.1) is 0 Å². The molecule has 1 aromatic carbocycles. The van der Waals surface area contributed by atoms with Gasteiger partial charge in [-0.25, -0.2) is 4.79 Å². The van der Waals surface area contributed by atoms with E-state index in [-0.39, 0.29) is 17.8 Å². The van der Waals surface area contributed by atoms with Crippen molar-refractivity contribution in [3.05, 3.63) is 24.3 Å². The average molecular weight is 290 g/mol. The van der Waals surface area contributed by atoms with Crippen LogP contribution in [0.5, 0.6) is 5.75 Å². The molecule has 0 radical (unpaired) electrons. The standard InChI is InChI=1S/C11H15FN2O4S/c1-8(2)13-11(15)14(3)9-4-6-10(7-5-9)18-19(12,16)17/h4-8H,1-3H3,(H,13,15). The summed E-state index contributed by atoms with van der Waals surface area (Å²) in [7, 11) is -3.48. The van der Waals surface area contributed by atoms with Gasteiger partial charge in [0.1, 0.15) is 5.75 Å². The molecule has 8 heteroatoms. The molecule has 0 aromatic heterocycles. The highest BCUT2D eigenvalue weighted by atomic mass is 32.3. The average Bonchev–Trinajstić information content (AvgIpc) is 2.26. The first-order valence-electron chi connectivity index (χ1n) is 5.47. The smallest absolute Gasteiger partial charge is 0.358 e. The Morgan fingerprint density at radius 1 is 1.32 bits per heavy atom. The first kappa shape index (κ1) is 15.2. The van der Waals surface area contributed by atoms with E-state index in [0.717, 1.165) is 0 Å². The fourth-order valence-electron chi connectivity index (χ4n) is 1.30. The Bertz CT molecular complexity index is 542. The normalized spacial score (nSPS) is 11.2. The van der Waals surface area contributed by atoms with Crippen LogP contribution in [0.15, 0.2) is 24.3 Å². The van der Waals surface area contributed by atoms with Gasteiger partial charge in [0.25, 0.3) is 0 Å². The van der Waals surface area contributed by atoms with E-state index >= 15 is 0 Å². The van der Waals surface area contributed by atoms with Crippen molar-refractivity contribution in [3.63, 3.8) is 0 Å². The highest BCUT2D eigenvalue weighted by molar-refractivity contribution is 7.81. The van der Waals surface area contributed by atoms with Gasteiger partial charge in [-0.2, -0.15) is 8.42 Å².